The largest absolute Gasteiger partial charge is 0.497 e. The number of hydrogen-bond acceptors (Lipinski definition) is 3. The van der Waals surface area contributed by atoms with E-state index in [4.69, 9.17) is 4.74 Å². The molecule has 2 atom stereocenters. The number of carbonyl (C=O) groups excluding carboxylic acids is 2. The van der Waals surface area contributed by atoms with Gasteiger partial charge < -0.3 is 14.5 Å². The fraction of sp³-hybridized carbons (Fsp3) is 0.500. The minimum absolute atomic E-state index is 0.0650. The van der Waals surface area contributed by atoms with Gasteiger partial charge in [-0.1, -0.05) is 12.1 Å². The lowest BCUT2D eigenvalue weighted by Crippen LogP contribution is -2.46. The molecular weight excluding hydrogens is 268 g/mol. The molecule has 0 N–H and O–H groups in total. The van der Waals surface area contributed by atoms with Crippen molar-refractivity contribution in [2.75, 3.05) is 28.3 Å². The molecule has 0 bridgehead atoms. The van der Waals surface area contributed by atoms with Crippen molar-refractivity contribution in [3.05, 3.63) is 29.8 Å². The maximum Gasteiger partial charge on any atom is 0.227 e. The van der Waals surface area contributed by atoms with Gasteiger partial charge in [-0.25, -0.2) is 0 Å². The van der Waals surface area contributed by atoms with Gasteiger partial charge in [0.2, 0.25) is 11.8 Å². The van der Waals surface area contributed by atoms with Gasteiger partial charge in [0.1, 0.15) is 5.75 Å². The number of amides is 2. The molecule has 1 heterocycles. The topological polar surface area (TPSA) is 49.9 Å². The minimum Gasteiger partial charge on any atom is -0.497 e. The van der Waals surface area contributed by atoms with Crippen molar-refractivity contribution < 1.29 is 14.3 Å². The van der Waals surface area contributed by atoms with Gasteiger partial charge in [-0.15, -0.1) is 0 Å². The zero-order valence-corrected chi connectivity index (χ0v) is 13.0. The highest BCUT2D eigenvalue weighted by Crippen LogP contribution is 2.37. The molecule has 0 aliphatic carbocycles. The first-order chi connectivity index (χ1) is 9.95. The zero-order valence-electron chi connectivity index (χ0n) is 13.0. The van der Waals surface area contributed by atoms with E-state index in [1.54, 1.807) is 38.1 Å². The molecule has 2 amide bonds. The van der Waals surface area contributed by atoms with Gasteiger partial charge in [0, 0.05) is 27.6 Å². The van der Waals surface area contributed by atoms with Gasteiger partial charge in [-0.2, -0.15) is 0 Å². The van der Waals surface area contributed by atoms with Crippen LogP contribution in [0, 0.1) is 5.92 Å². The quantitative estimate of drug-likeness (QED) is 0.851. The minimum atomic E-state index is -0.216. The molecule has 0 spiro atoms. The molecule has 2 rings (SSSR count). The van der Waals surface area contributed by atoms with Crippen molar-refractivity contribution in [3.8, 4) is 5.75 Å². The van der Waals surface area contributed by atoms with Crippen LogP contribution in [0.5, 0.6) is 5.75 Å². The lowest BCUT2D eigenvalue weighted by atomic mass is 9.83. The van der Waals surface area contributed by atoms with E-state index in [0.717, 1.165) is 11.3 Å². The van der Waals surface area contributed by atoms with Gasteiger partial charge in [-0.3, -0.25) is 9.59 Å². The van der Waals surface area contributed by atoms with Crippen molar-refractivity contribution in [2.45, 2.75) is 18.9 Å². The van der Waals surface area contributed by atoms with E-state index in [9.17, 15) is 9.59 Å². The summed E-state index contributed by atoms with van der Waals surface area (Å²) in [4.78, 5) is 27.7. The Bertz CT molecular complexity index is 525. The number of likely N-dealkylation sites (tertiary alicyclic amines) is 1. The Morgan fingerprint density at radius 1 is 1.29 bits per heavy atom. The van der Waals surface area contributed by atoms with E-state index in [1.807, 2.05) is 24.3 Å². The Balaban J connectivity index is 2.36. The predicted molar refractivity (Wildman–Crippen MR) is 79.9 cm³/mol. The number of methoxy groups -OCH3 is 1. The molecule has 1 saturated heterocycles. The van der Waals surface area contributed by atoms with Crippen LogP contribution in [0.1, 0.15) is 24.4 Å². The maximum absolute atomic E-state index is 12.4. The number of ether oxygens (including phenoxy) is 1. The zero-order chi connectivity index (χ0) is 15.6. The van der Waals surface area contributed by atoms with E-state index in [1.165, 1.54) is 0 Å². The van der Waals surface area contributed by atoms with Crippen molar-refractivity contribution in [1.82, 2.24) is 9.80 Å². The van der Waals surface area contributed by atoms with Gasteiger partial charge >= 0.3 is 0 Å². The average molecular weight is 290 g/mol. The summed E-state index contributed by atoms with van der Waals surface area (Å²) in [5.41, 5.74) is 0.964. The molecule has 0 radical (unpaired) electrons. The van der Waals surface area contributed by atoms with E-state index < -0.39 is 0 Å². The van der Waals surface area contributed by atoms with Crippen LogP contribution in [0.2, 0.25) is 0 Å². The Kier molecular flexibility index (Phi) is 4.50. The fourth-order valence-electron chi connectivity index (χ4n) is 2.89. The molecule has 21 heavy (non-hydrogen) atoms. The first-order valence-electron chi connectivity index (χ1n) is 7.06. The summed E-state index contributed by atoms with van der Waals surface area (Å²) in [5, 5.41) is 0. The summed E-state index contributed by atoms with van der Waals surface area (Å²) in [6, 6.07) is 7.36. The summed E-state index contributed by atoms with van der Waals surface area (Å²) in [7, 11) is 6.89. The van der Waals surface area contributed by atoms with Crippen molar-refractivity contribution in [3.63, 3.8) is 0 Å². The molecule has 5 heteroatoms. The monoisotopic (exact) mass is 290 g/mol. The molecule has 1 fully saturated rings. The number of benzene rings is 1. The molecule has 1 aliphatic rings. The number of piperidine rings is 1. The second kappa shape index (κ2) is 6.16. The Labute approximate surface area is 125 Å². The van der Waals surface area contributed by atoms with Gasteiger partial charge in [0.15, 0.2) is 0 Å². The van der Waals surface area contributed by atoms with Gasteiger partial charge in [0.05, 0.1) is 19.1 Å². The third-order valence-corrected chi connectivity index (χ3v) is 4.08. The average Bonchev–Trinajstić information content (AvgIpc) is 2.49. The highest BCUT2D eigenvalue weighted by Gasteiger charge is 2.39. The maximum atomic E-state index is 12.4. The summed E-state index contributed by atoms with van der Waals surface area (Å²) in [6.45, 7) is 0. The van der Waals surface area contributed by atoms with Crippen LogP contribution in [-0.4, -0.2) is 49.9 Å². The summed E-state index contributed by atoms with van der Waals surface area (Å²) in [6.07, 6.45) is 1.02. The fourth-order valence-corrected chi connectivity index (χ4v) is 2.89. The van der Waals surface area contributed by atoms with E-state index in [2.05, 4.69) is 0 Å². The van der Waals surface area contributed by atoms with Crippen molar-refractivity contribution in [2.24, 2.45) is 5.92 Å². The molecule has 0 aromatic heterocycles. The van der Waals surface area contributed by atoms with E-state index in [-0.39, 0.29) is 23.8 Å². The number of rotatable bonds is 3. The van der Waals surface area contributed by atoms with E-state index >= 15 is 0 Å². The highest BCUT2D eigenvalue weighted by molar-refractivity contribution is 5.84. The third-order valence-electron chi connectivity index (χ3n) is 4.08. The number of hydrogen-bond donors (Lipinski definition) is 0. The smallest absolute Gasteiger partial charge is 0.227 e. The van der Waals surface area contributed by atoms with Crippen LogP contribution < -0.4 is 4.74 Å². The SMILES string of the molecule is COc1ccc([C@H]2[C@H](C(=O)N(C)C)CCC(=O)N2C)cc1. The molecule has 1 aromatic rings. The van der Waals surface area contributed by atoms with Crippen molar-refractivity contribution >= 4 is 11.8 Å². The molecule has 5 nitrogen and oxygen atoms in total. The van der Waals surface area contributed by atoms with Crippen LogP contribution in [0.15, 0.2) is 24.3 Å². The Morgan fingerprint density at radius 3 is 2.43 bits per heavy atom. The Hall–Kier alpha value is -2.04. The van der Waals surface area contributed by atoms with E-state index in [0.29, 0.717) is 12.8 Å². The summed E-state index contributed by atoms with van der Waals surface area (Å²) in [5.74, 6) is 0.712. The summed E-state index contributed by atoms with van der Waals surface area (Å²) < 4.78 is 5.16. The third kappa shape index (κ3) is 3.01. The molecule has 114 valence electrons. The Morgan fingerprint density at radius 2 is 1.90 bits per heavy atom. The van der Waals surface area contributed by atoms with Crippen LogP contribution in [-0.2, 0) is 9.59 Å². The second-order valence-corrected chi connectivity index (χ2v) is 5.60. The lowest BCUT2D eigenvalue weighted by molar-refractivity contribution is -0.145. The first-order valence-corrected chi connectivity index (χ1v) is 7.06. The van der Waals surface area contributed by atoms with Crippen LogP contribution >= 0.6 is 0 Å². The number of nitrogens with zero attached hydrogens (tertiary/aromatic N) is 2. The normalized spacial score (nSPS) is 22.1. The van der Waals surface area contributed by atoms with Crippen molar-refractivity contribution in [1.29, 1.82) is 0 Å². The standard InChI is InChI=1S/C16H22N2O3/c1-17(2)16(20)13-9-10-14(19)18(3)15(13)11-5-7-12(21-4)8-6-11/h5-8,13,15H,9-10H2,1-4H3/t13-,15+/m1/s1. The van der Waals surface area contributed by atoms with Crippen LogP contribution in [0.4, 0.5) is 0 Å². The summed E-state index contributed by atoms with van der Waals surface area (Å²) >= 11 is 0. The molecule has 1 aliphatic heterocycles. The molecule has 1 aromatic carbocycles. The van der Waals surface area contributed by atoms with Gasteiger partial charge in [0.25, 0.3) is 0 Å². The molecule has 0 saturated carbocycles. The molecular formula is C16H22N2O3. The predicted octanol–water partition coefficient (Wildman–Crippen LogP) is 1.69. The van der Waals surface area contributed by atoms with Crippen LogP contribution in [0.3, 0.4) is 0 Å². The second-order valence-electron chi connectivity index (χ2n) is 5.60. The molecule has 0 unspecified atom stereocenters. The first kappa shape index (κ1) is 15.4. The number of carbonyl (C=O) groups is 2. The highest BCUT2D eigenvalue weighted by atomic mass is 16.5. The van der Waals surface area contributed by atoms with Crippen LogP contribution in [0.25, 0.3) is 0 Å². The lowest BCUT2D eigenvalue weighted by Gasteiger charge is -2.39. The van der Waals surface area contributed by atoms with Gasteiger partial charge in [-0.05, 0) is 24.1 Å².